The highest BCUT2D eigenvalue weighted by molar-refractivity contribution is 6.99. The maximum absolute atomic E-state index is 5.81. The third kappa shape index (κ3) is 1.68. The lowest BCUT2D eigenvalue weighted by Crippen LogP contribution is -2.17. The van der Waals surface area contributed by atoms with E-state index in [0.717, 1.165) is 29.6 Å². The molecule has 2 unspecified atom stereocenters. The van der Waals surface area contributed by atoms with Crippen LogP contribution in [-0.4, -0.2) is 39.9 Å². The fraction of sp³-hybridized carbons (Fsp3) is 0.412. The summed E-state index contributed by atoms with van der Waals surface area (Å²) in [5, 5.41) is 0. The van der Waals surface area contributed by atoms with Gasteiger partial charge in [0.2, 0.25) is 0 Å². The number of hydrogen-bond acceptors (Lipinski definition) is 5. The van der Waals surface area contributed by atoms with Gasteiger partial charge in [0.1, 0.15) is 5.69 Å². The van der Waals surface area contributed by atoms with Gasteiger partial charge < -0.3 is 9.64 Å². The Kier molecular flexibility index (Phi) is 2.61. The van der Waals surface area contributed by atoms with E-state index in [1.165, 1.54) is 24.8 Å². The Hall–Kier alpha value is -1.90. The molecule has 1 aromatic heterocycles. The lowest BCUT2D eigenvalue weighted by molar-refractivity contribution is 0.348. The van der Waals surface area contributed by atoms with E-state index in [1.807, 2.05) is 30.3 Å². The van der Waals surface area contributed by atoms with E-state index in [0.29, 0.717) is 12.5 Å². The van der Waals surface area contributed by atoms with Crippen LogP contribution in [0.15, 0.2) is 30.3 Å². The minimum Gasteiger partial charge on any atom is -0.463 e. The third-order valence-corrected chi connectivity index (χ3v) is 5.79. The van der Waals surface area contributed by atoms with Gasteiger partial charge in [-0.2, -0.15) is 4.37 Å². The SMILES string of the molecule is C(#Cc1ccccc1)COc1nsnc1C12CN3CC1C2C3. The van der Waals surface area contributed by atoms with Gasteiger partial charge in [0, 0.05) is 30.6 Å². The molecule has 6 rings (SSSR count). The number of benzene rings is 1. The predicted octanol–water partition coefficient (Wildman–Crippen LogP) is 1.78. The zero-order valence-electron chi connectivity index (χ0n) is 12.0. The predicted molar refractivity (Wildman–Crippen MR) is 83.8 cm³/mol. The molecule has 4 heterocycles. The van der Waals surface area contributed by atoms with Gasteiger partial charge >= 0.3 is 0 Å². The Bertz CT molecular complexity index is 764. The largest absolute Gasteiger partial charge is 0.463 e. The first-order chi connectivity index (χ1) is 10.9. The number of aromatic nitrogens is 2. The molecule has 110 valence electrons. The van der Waals surface area contributed by atoms with Crippen LogP contribution in [0.2, 0.25) is 0 Å². The first-order valence-electron chi connectivity index (χ1n) is 7.60. The second-order valence-corrected chi connectivity index (χ2v) is 6.85. The second-order valence-electron chi connectivity index (χ2n) is 6.32. The van der Waals surface area contributed by atoms with E-state index >= 15 is 0 Å². The maximum Gasteiger partial charge on any atom is 0.250 e. The molecule has 5 heteroatoms. The third-order valence-electron chi connectivity index (χ3n) is 5.28. The highest BCUT2D eigenvalue weighted by Crippen LogP contribution is 2.70. The van der Waals surface area contributed by atoms with Crippen LogP contribution in [0.4, 0.5) is 0 Å². The Morgan fingerprint density at radius 1 is 1.23 bits per heavy atom. The summed E-state index contributed by atoms with van der Waals surface area (Å²) in [7, 11) is 0. The zero-order chi connectivity index (χ0) is 14.6. The molecule has 1 aliphatic carbocycles. The Morgan fingerprint density at radius 3 is 2.77 bits per heavy atom. The molecular weight excluding hydrogens is 294 g/mol. The van der Waals surface area contributed by atoms with Gasteiger partial charge in [0.25, 0.3) is 5.88 Å². The highest BCUT2D eigenvalue weighted by Gasteiger charge is 2.76. The number of hydrogen-bond donors (Lipinski definition) is 0. The minimum atomic E-state index is 0.259. The summed E-state index contributed by atoms with van der Waals surface area (Å²) >= 11 is 1.26. The standard InChI is InChI=1S/C17H15N3OS/c1-2-5-12(6-3-1)7-4-8-21-16-15(18-22-19-16)17-11-20-9-13(17)14(17)10-20/h1-3,5-6,13-14H,8-11H2. The summed E-state index contributed by atoms with van der Waals surface area (Å²) in [6, 6.07) is 9.96. The van der Waals surface area contributed by atoms with E-state index in [2.05, 4.69) is 25.5 Å². The average Bonchev–Trinajstić information content (AvgIpc) is 3.15. The molecule has 2 atom stereocenters. The van der Waals surface area contributed by atoms with Crippen LogP contribution in [0.3, 0.4) is 0 Å². The average molecular weight is 309 g/mol. The van der Waals surface area contributed by atoms with Crippen molar-refractivity contribution in [3.05, 3.63) is 41.6 Å². The zero-order valence-corrected chi connectivity index (χ0v) is 12.8. The molecule has 0 N–H and O–H groups in total. The Balaban J connectivity index is 1.30. The molecule has 22 heavy (non-hydrogen) atoms. The van der Waals surface area contributed by atoms with Gasteiger partial charge in [-0.05, 0) is 24.0 Å². The van der Waals surface area contributed by atoms with Crippen molar-refractivity contribution < 1.29 is 4.74 Å². The van der Waals surface area contributed by atoms with E-state index in [1.54, 1.807) is 0 Å². The van der Waals surface area contributed by atoms with Crippen LogP contribution < -0.4 is 4.74 Å². The van der Waals surface area contributed by atoms with Gasteiger partial charge in [-0.3, -0.25) is 0 Å². The molecule has 0 amide bonds. The van der Waals surface area contributed by atoms with Crippen molar-refractivity contribution in [2.45, 2.75) is 5.41 Å². The van der Waals surface area contributed by atoms with Gasteiger partial charge in [0.15, 0.2) is 6.61 Å². The first kappa shape index (κ1) is 12.6. The van der Waals surface area contributed by atoms with Crippen molar-refractivity contribution in [1.82, 2.24) is 13.6 Å². The lowest BCUT2D eigenvalue weighted by Gasteiger charge is -2.09. The van der Waals surface area contributed by atoms with Gasteiger partial charge in [-0.15, -0.1) is 4.37 Å². The number of nitrogens with zero attached hydrogens (tertiary/aromatic N) is 3. The van der Waals surface area contributed by atoms with Crippen molar-refractivity contribution in [3.8, 4) is 17.7 Å². The van der Waals surface area contributed by atoms with Gasteiger partial charge in [-0.1, -0.05) is 30.0 Å². The topological polar surface area (TPSA) is 38.3 Å². The molecule has 1 saturated carbocycles. The van der Waals surface area contributed by atoms with E-state index in [-0.39, 0.29) is 5.41 Å². The normalized spacial score (nSPS) is 33.4. The fourth-order valence-corrected chi connectivity index (χ4v) is 4.88. The second kappa shape index (κ2) is 4.55. The van der Waals surface area contributed by atoms with E-state index in [4.69, 9.17) is 4.74 Å². The van der Waals surface area contributed by atoms with Crippen LogP contribution >= 0.6 is 11.7 Å². The quantitative estimate of drug-likeness (QED) is 0.810. The molecule has 3 saturated heterocycles. The molecule has 4 bridgehead atoms. The smallest absolute Gasteiger partial charge is 0.250 e. The maximum atomic E-state index is 5.81. The van der Waals surface area contributed by atoms with Crippen LogP contribution in [0.1, 0.15) is 11.3 Å². The van der Waals surface area contributed by atoms with Gasteiger partial charge in [-0.25, -0.2) is 0 Å². The monoisotopic (exact) mass is 309 g/mol. The molecule has 4 aliphatic rings. The molecule has 0 radical (unpaired) electrons. The summed E-state index contributed by atoms with van der Waals surface area (Å²) in [5.41, 5.74) is 2.36. The summed E-state index contributed by atoms with van der Waals surface area (Å²) in [6.45, 7) is 3.97. The molecule has 0 spiro atoms. The molecule has 1 aromatic carbocycles. The van der Waals surface area contributed by atoms with Crippen molar-refractivity contribution >= 4 is 11.7 Å². The van der Waals surface area contributed by atoms with Crippen molar-refractivity contribution in [2.75, 3.05) is 26.2 Å². The van der Waals surface area contributed by atoms with Crippen LogP contribution in [0.25, 0.3) is 0 Å². The summed E-state index contributed by atoms with van der Waals surface area (Å²) in [6.07, 6.45) is 0. The first-order valence-corrected chi connectivity index (χ1v) is 8.33. The van der Waals surface area contributed by atoms with Gasteiger partial charge in [0.05, 0.1) is 11.7 Å². The molecule has 4 fully saturated rings. The fourth-order valence-electron chi connectivity index (χ4n) is 4.30. The van der Waals surface area contributed by atoms with Crippen LogP contribution in [0, 0.1) is 23.7 Å². The summed E-state index contributed by atoms with van der Waals surface area (Å²) in [4.78, 5) is 2.54. The van der Waals surface area contributed by atoms with Crippen molar-refractivity contribution in [3.63, 3.8) is 0 Å². The highest BCUT2D eigenvalue weighted by atomic mass is 32.1. The van der Waals surface area contributed by atoms with Crippen molar-refractivity contribution in [2.24, 2.45) is 11.8 Å². The number of piperidine rings is 3. The molecule has 2 aromatic rings. The van der Waals surface area contributed by atoms with Crippen LogP contribution in [-0.2, 0) is 5.41 Å². The summed E-state index contributed by atoms with van der Waals surface area (Å²) in [5.74, 6) is 8.45. The van der Waals surface area contributed by atoms with Crippen molar-refractivity contribution in [1.29, 1.82) is 0 Å². The molecular formula is C17H15N3OS. The van der Waals surface area contributed by atoms with E-state index < -0.39 is 0 Å². The molecule has 3 aliphatic heterocycles. The molecule has 4 nitrogen and oxygen atoms in total. The number of ether oxygens (including phenoxy) is 1. The Morgan fingerprint density at radius 2 is 2.05 bits per heavy atom. The van der Waals surface area contributed by atoms with E-state index in [9.17, 15) is 0 Å². The lowest BCUT2D eigenvalue weighted by atomic mass is 10.0. The van der Waals surface area contributed by atoms with Crippen LogP contribution in [0.5, 0.6) is 5.88 Å². The summed E-state index contributed by atoms with van der Waals surface area (Å²) < 4.78 is 14.7. The minimum absolute atomic E-state index is 0.259. The number of rotatable bonds is 3. The Labute approximate surface area is 133 Å².